The zero-order valence-electron chi connectivity index (χ0n) is 15.0. The van der Waals surface area contributed by atoms with Crippen molar-refractivity contribution in [3.63, 3.8) is 0 Å². The number of aromatic amines is 1. The summed E-state index contributed by atoms with van der Waals surface area (Å²) in [6.07, 6.45) is 3.49. The topological polar surface area (TPSA) is 70.2 Å². The Morgan fingerprint density at radius 3 is 2.89 bits per heavy atom. The van der Waals surface area contributed by atoms with Crippen LogP contribution in [0.5, 0.6) is 5.75 Å². The highest BCUT2D eigenvalue weighted by molar-refractivity contribution is 6.44. The third-order valence-corrected chi connectivity index (χ3v) is 6.14. The van der Waals surface area contributed by atoms with Crippen LogP contribution < -0.4 is 10.1 Å². The minimum Gasteiger partial charge on any atom is -0.479 e. The Morgan fingerprint density at radius 1 is 1.25 bits per heavy atom. The standard InChI is InChI=1S/C20H18Cl2N4O2/c21-14-9-11-10-15(20(27)26-7-5-23-6-8-26)28-18(11)16(17(14)22)12-1-3-24-19-13(12)2-4-25-19/h1-4,9,15,23H,5-8,10H2,(H,24,25). The van der Waals surface area contributed by atoms with Gasteiger partial charge in [0, 0.05) is 61.5 Å². The second-order valence-electron chi connectivity index (χ2n) is 7.02. The normalized spacial score (nSPS) is 18.9. The van der Waals surface area contributed by atoms with Gasteiger partial charge < -0.3 is 19.9 Å². The molecule has 1 saturated heterocycles. The Labute approximate surface area is 171 Å². The Bertz CT molecular complexity index is 1080. The molecule has 2 aliphatic heterocycles. The smallest absolute Gasteiger partial charge is 0.264 e. The highest BCUT2D eigenvalue weighted by atomic mass is 35.5. The summed E-state index contributed by atoms with van der Waals surface area (Å²) in [4.78, 5) is 22.2. The molecule has 0 bridgehead atoms. The Balaban J connectivity index is 1.57. The highest BCUT2D eigenvalue weighted by Crippen LogP contribution is 2.48. The number of hydrogen-bond acceptors (Lipinski definition) is 4. The van der Waals surface area contributed by atoms with Crippen molar-refractivity contribution in [3.8, 4) is 16.9 Å². The lowest BCUT2D eigenvalue weighted by molar-refractivity contribution is -0.138. The van der Waals surface area contributed by atoms with Crippen LogP contribution in [0.2, 0.25) is 10.0 Å². The van der Waals surface area contributed by atoms with Gasteiger partial charge in [0.05, 0.1) is 10.0 Å². The second-order valence-corrected chi connectivity index (χ2v) is 7.81. The van der Waals surface area contributed by atoms with E-state index in [1.807, 2.05) is 29.3 Å². The first-order valence-electron chi connectivity index (χ1n) is 9.23. The number of ether oxygens (including phenoxy) is 1. The lowest BCUT2D eigenvalue weighted by Crippen LogP contribution is -2.50. The number of aromatic nitrogens is 2. The Morgan fingerprint density at radius 2 is 2.07 bits per heavy atom. The molecular weight excluding hydrogens is 399 g/mol. The van der Waals surface area contributed by atoms with Crippen LogP contribution in [0.25, 0.3) is 22.2 Å². The lowest BCUT2D eigenvalue weighted by Gasteiger charge is -2.29. The number of carbonyl (C=O) groups is 1. The van der Waals surface area contributed by atoms with Crippen LogP contribution in [0, 0.1) is 0 Å². The van der Waals surface area contributed by atoms with E-state index in [1.54, 1.807) is 6.20 Å². The van der Waals surface area contributed by atoms with Crippen molar-refractivity contribution in [2.24, 2.45) is 0 Å². The maximum absolute atomic E-state index is 12.9. The van der Waals surface area contributed by atoms with Gasteiger partial charge in [-0.05, 0) is 23.8 Å². The molecule has 1 unspecified atom stereocenters. The van der Waals surface area contributed by atoms with Crippen LogP contribution >= 0.6 is 23.2 Å². The van der Waals surface area contributed by atoms with Crippen LogP contribution in [-0.4, -0.2) is 53.1 Å². The fraction of sp³-hybridized carbons (Fsp3) is 0.300. The first-order valence-corrected chi connectivity index (χ1v) is 9.98. The molecule has 2 N–H and O–H groups in total. The molecule has 28 heavy (non-hydrogen) atoms. The first kappa shape index (κ1) is 17.8. The van der Waals surface area contributed by atoms with E-state index in [4.69, 9.17) is 27.9 Å². The molecule has 3 aromatic rings. The maximum atomic E-state index is 12.9. The fourth-order valence-electron chi connectivity index (χ4n) is 3.98. The van der Waals surface area contributed by atoms with Crippen LogP contribution in [0.3, 0.4) is 0 Å². The Hall–Kier alpha value is -2.28. The van der Waals surface area contributed by atoms with E-state index in [9.17, 15) is 4.79 Å². The van der Waals surface area contributed by atoms with Gasteiger partial charge in [-0.3, -0.25) is 4.79 Å². The van der Waals surface area contributed by atoms with Crippen LogP contribution in [0.4, 0.5) is 0 Å². The van der Waals surface area contributed by atoms with Crippen molar-refractivity contribution in [2.45, 2.75) is 12.5 Å². The number of nitrogens with one attached hydrogen (secondary N) is 2. The number of amides is 1. The monoisotopic (exact) mass is 416 g/mol. The number of halogens is 2. The van der Waals surface area contributed by atoms with Crippen molar-refractivity contribution in [1.82, 2.24) is 20.2 Å². The number of rotatable bonds is 2. The average Bonchev–Trinajstić information content (AvgIpc) is 3.36. The van der Waals surface area contributed by atoms with Gasteiger partial charge in [-0.1, -0.05) is 23.2 Å². The molecule has 0 radical (unpaired) electrons. The molecule has 0 saturated carbocycles. The number of carbonyl (C=O) groups excluding carboxylic acids is 1. The quantitative estimate of drug-likeness (QED) is 0.672. The van der Waals surface area contributed by atoms with Gasteiger partial charge in [0.1, 0.15) is 11.4 Å². The number of piperazine rings is 1. The van der Waals surface area contributed by atoms with Gasteiger partial charge in [-0.2, -0.15) is 0 Å². The molecule has 1 atom stereocenters. The van der Waals surface area contributed by atoms with Crippen molar-refractivity contribution in [1.29, 1.82) is 0 Å². The van der Waals surface area contributed by atoms with Gasteiger partial charge in [0.15, 0.2) is 6.10 Å². The SMILES string of the molecule is O=C(C1Cc2cc(Cl)c(Cl)c(-c3ccnc4[nH]ccc34)c2O1)N1CCNCC1. The third-order valence-electron chi connectivity index (χ3n) is 5.35. The Kier molecular flexibility index (Phi) is 4.42. The fourth-order valence-corrected chi connectivity index (χ4v) is 4.45. The summed E-state index contributed by atoms with van der Waals surface area (Å²) in [5, 5.41) is 5.06. The molecule has 0 aliphatic carbocycles. The van der Waals surface area contributed by atoms with Gasteiger partial charge in [0.2, 0.25) is 0 Å². The minimum absolute atomic E-state index is 0.0115. The van der Waals surface area contributed by atoms with E-state index in [-0.39, 0.29) is 5.91 Å². The maximum Gasteiger partial charge on any atom is 0.264 e. The number of fused-ring (bicyclic) bond motifs is 2. The zero-order chi connectivity index (χ0) is 19.3. The molecule has 8 heteroatoms. The summed E-state index contributed by atoms with van der Waals surface area (Å²) in [5.41, 5.74) is 3.25. The van der Waals surface area contributed by atoms with Crippen molar-refractivity contribution in [2.75, 3.05) is 26.2 Å². The van der Waals surface area contributed by atoms with Crippen LogP contribution in [0.15, 0.2) is 30.6 Å². The molecule has 4 heterocycles. The number of benzene rings is 1. The van der Waals surface area contributed by atoms with Crippen LogP contribution in [0.1, 0.15) is 5.56 Å². The summed E-state index contributed by atoms with van der Waals surface area (Å²) < 4.78 is 6.18. The van der Waals surface area contributed by atoms with Crippen molar-refractivity contribution < 1.29 is 9.53 Å². The van der Waals surface area contributed by atoms with Gasteiger partial charge in [-0.15, -0.1) is 0 Å². The van der Waals surface area contributed by atoms with E-state index >= 15 is 0 Å². The predicted octanol–water partition coefficient (Wildman–Crippen LogP) is 3.27. The third kappa shape index (κ3) is 2.83. The lowest BCUT2D eigenvalue weighted by atomic mass is 9.99. The summed E-state index contributed by atoms with van der Waals surface area (Å²) in [7, 11) is 0. The average molecular weight is 417 g/mol. The number of H-pyrrole nitrogens is 1. The second kappa shape index (κ2) is 6.95. The molecule has 1 aromatic carbocycles. The van der Waals surface area contributed by atoms with E-state index in [2.05, 4.69) is 15.3 Å². The molecule has 6 nitrogen and oxygen atoms in total. The minimum atomic E-state index is -0.551. The molecule has 0 spiro atoms. The van der Waals surface area contributed by atoms with E-state index < -0.39 is 6.10 Å². The van der Waals surface area contributed by atoms with E-state index in [0.717, 1.165) is 35.2 Å². The zero-order valence-corrected chi connectivity index (χ0v) is 16.5. The van der Waals surface area contributed by atoms with Gasteiger partial charge in [-0.25, -0.2) is 4.98 Å². The molecule has 1 fully saturated rings. The molecular formula is C20H18Cl2N4O2. The van der Waals surface area contributed by atoms with Crippen LogP contribution in [-0.2, 0) is 11.2 Å². The summed E-state index contributed by atoms with van der Waals surface area (Å²) in [6, 6.07) is 5.64. The number of hydrogen-bond donors (Lipinski definition) is 2. The van der Waals surface area contributed by atoms with E-state index in [0.29, 0.717) is 40.9 Å². The number of pyridine rings is 1. The molecule has 144 valence electrons. The molecule has 2 aromatic heterocycles. The largest absolute Gasteiger partial charge is 0.479 e. The van der Waals surface area contributed by atoms with Gasteiger partial charge in [0.25, 0.3) is 5.91 Å². The molecule has 5 rings (SSSR count). The molecule has 2 aliphatic rings. The van der Waals surface area contributed by atoms with Crippen molar-refractivity contribution >= 4 is 40.1 Å². The number of nitrogens with zero attached hydrogens (tertiary/aromatic N) is 2. The molecule has 1 amide bonds. The first-order chi connectivity index (χ1) is 13.6. The highest BCUT2D eigenvalue weighted by Gasteiger charge is 2.36. The van der Waals surface area contributed by atoms with Gasteiger partial charge >= 0.3 is 0 Å². The summed E-state index contributed by atoms with van der Waals surface area (Å²) >= 11 is 13.0. The summed E-state index contributed by atoms with van der Waals surface area (Å²) in [5.74, 6) is 0.647. The predicted molar refractivity (Wildman–Crippen MR) is 109 cm³/mol. The van der Waals surface area contributed by atoms with E-state index in [1.165, 1.54) is 0 Å². The summed E-state index contributed by atoms with van der Waals surface area (Å²) in [6.45, 7) is 2.99. The van der Waals surface area contributed by atoms with Crippen molar-refractivity contribution in [3.05, 3.63) is 46.2 Å².